The molecule has 0 bridgehead atoms. The van der Waals surface area contributed by atoms with Gasteiger partial charge in [-0.05, 0) is 37.0 Å². The second kappa shape index (κ2) is 6.77. The molecule has 5 heteroatoms. The Bertz CT molecular complexity index is 734. The van der Waals surface area contributed by atoms with Crippen LogP contribution in [-0.4, -0.2) is 26.9 Å². The van der Waals surface area contributed by atoms with Gasteiger partial charge in [0.15, 0.2) is 0 Å². The molecule has 128 valence electrons. The first-order valence-electron chi connectivity index (χ1n) is 8.68. The molecular formula is C19H25N3O2. The van der Waals surface area contributed by atoms with E-state index >= 15 is 0 Å². The van der Waals surface area contributed by atoms with Crippen molar-refractivity contribution in [3.05, 3.63) is 52.8 Å². The summed E-state index contributed by atoms with van der Waals surface area (Å²) in [5.74, 6) is -0.178. The number of amides is 1. The highest BCUT2D eigenvalue weighted by molar-refractivity contribution is 5.93. The topological polar surface area (TPSA) is 67.2 Å². The van der Waals surface area contributed by atoms with Crippen molar-refractivity contribution in [3.8, 4) is 0 Å². The molecule has 0 aliphatic heterocycles. The van der Waals surface area contributed by atoms with Crippen LogP contribution in [0.4, 0.5) is 0 Å². The van der Waals surface area contributed by atoms with Crippen LogP contribution >= 0.6 is 0 Å². The van der Waals surface area contributed by atoms with Gasteiger partial charge >= 0.3 is 0 Å². The Kier molecular flexibility index (Phi) is 4.71. The zero-order valence-electron chi connectivity index (χ0n) is 14.5. The molecule has 5 nitrogen and oxygen atoms in total. The van der Waals surface area contributed by atoms with Crippen LogP contribution in [0.1, 0.15) is 66.1 Å². The van der Waals surface area contributed by atoms with E-state index in [1.807, 2.05) is 41.9 Å². The minimum Gasteiger partial charge on any atom is -0.390 e. The predicted molar refractivity (Wildman–Crippen MR) is 92.9 cm³/mol. The highest BCUT2D eigenvalue weighted by Gasteiger charge is 2.33. The summed E-state index contributed by atoms with van der Waals surface area (Å²) in [6, 6.07) is 9.54. The quantitative estimate of drug-likeness (QED) is 0.887. The van der Waals surface area contributed by atoms with Gasteiger partial charge in [0, 0.05) is 6.42 Å². The van der Waals surface area contributed by atoms with Crippen molar-refractivity contribution >= 4 is 5.91 Å². The molecule has 0 saturated carbocycles. The number of nitrogens with zero attached hydrogens (tertiary/aromatic N) is 2. The summed E-state index contributed by atoms with van der Waals surface area (Å²) in [5.41, 5.74) is 3.50. The standard InChI is InChI=1S/C19H25N3O2/c1-4-14(5-2)22-16(10-12(3)21-22)19(24)20-18-15-9-7-6-8-13(15)11-17(18)23/h6-10,14,17-18,23H,4-5,11H2,1-3H3,(H,20,24). The molecule has 0 saturated heterocycles. The van der Waals surface area contributed by atoms with Gasteiger partial charge in [-0.15, -0.1) is 0 Å². The van der Waals surface area contributed by atoms with Crippen molar-refractivity contribution in [2.75, 3.05) is 0 Å². The second-order valence-electron chi connectivity index (χ2n) is 6.51. The van der Waals surface area contributed by atoms with Crippen molar-refractivity contribution in [2.24, 2.45) is 0 Å². The first-order valence-corrected chi connectivity index (χ1v) is 8.68. The highest BCUT2D eigenvalue weighted by atomic mass is 16.3. The molecule has 1 aliphatic rings. The SMILES string of the molecule is CCC(CC)n1nc(C)cc1C(=O)NC1c2ccccc2CC1O. The fourth-order valence-electron chi connectivity index (χ4n) is 3.56. The zero-order chi connectivity index (χ0) is 17.3. The molecule has 1 aliphatic carbocycles. The maximum absolute atomic E-state index is 12.8. The minimum absolute atomic E-state index is 0.178. The molecule has 1 amide bonds. The van der Waals surface area contributed by atoms with E-state index in [0.717, 1.165) is 29.7 Å². The van der Waals surface area contributed by atoms with Crippen molar-refractivity contribution in [1.29, 1.82) is 0 Å². The lowest BCUT2D eigenvalue weighted by atomic mass is 10.1. The number of aliphatic hydroxyl groups is 1. The maximum atomic E-state index is 12.8. The highest BCUT2D eigenvalue weighted by Crippen LogP contribution is 2.31. The van der Waals surface area contributed by atoms with Gasteiger partial charge in [-0.1, -0.05) is 38.1 Å². The summed E-state index contributed by atoms with van der Waals surface area (Å²) >= 11 is 0. The van der Waals surface area contributed by atoms with Crippen LogP contribution < -0.4 is 5.32 Å². The molecule has 0 radical (unpaired) electrons. The number of rotatable bonds is 5. The van der Waals surface area contributed by atoms with Gasteiger partial charge in [-0.3, -0.25) is 9.48 Å². The van der Waals surface area contributed by atoms with E-state index in [1.54, 1.807) is 0 Å². The van der Waals surface area contributed by atoms with E-state index < -0.39 is 6.10 Å². The Labute approximate surface area is 142 Å². The van der Waals surface area contributed by atoms with Crippen LogP contribution in [-0.2, 0) is 6.42 Å². The number of fused-ring (bicyclic) bond motifs is 1. The van der Waals surface area contributed by atoms with Gasteiger partial charge in [0.2, 0.25) is 0 Å². The molecule has 1 heterocycles. The summed E-state index contributed by atoms with van der Waals surface area (Å²) in [4.78, 5) is 12.8. The third-order valence-corrected chi connectivity index (χ3v) is 4.87. The number of nitrogens with one attached hydrogen (secondary N) is 1. The Morgan fingerprint density at radius 2 is 2.08 bits per heavy atom. The average Bonchev–Trinajstić information content (AvgIpc) is 3.10. The van der Waals surface area contributed by atoms with Crippen LogP contribution in [0.15, 0.2) is 30.3 Å². The van der Waals surface area contributed by atoms with Gasteiger partial charge in [-0.25, -0.2) is 0 Å². The molecule has 24 heavy (non-hydrogen) atoms. The van der Waals surface area contributed by atoms with Gasteiger partial charge in [0.05, 0.1) is 23.9 Å². The molecule has 2 unspecified atom stereocenters. The number of aliphatic hydroxyl groups excluding tert-OH is 1. The smallest absolute Gasteiger partial charge is 0.270 e. The third-order valence-electron chi connectivity index (χ3n) is 4.87. The predicted octanol–water partition coefficient (Wildman–Crippen LogP) is 2.94. The second-order valence-corrected chi connectivity index (χ2v) is 6.51. The summed E-state index contributed by atoms with van der Waals surface area (Å²) in [6.07, 6.45) is 1.84. The Hall–Kier alpha value is -2.14. The number of hydrogen-bond donors (Lipinski definition) is 2. The Morgan fingerprint density at radius 3 is 2.79 bits per heavy atom. The molecule has 2 N–H and O–H groups in total. The van der Waals surface area contributed by atoms with E-state index in [9.17, 15) is 9.90 Å². The molecule has 3 rings (SSSR count). The number of hydrogen-bond acceptors (Lipinski definition) is 3. The average molecular weight is 327 g/mol. The van der Waals surface area contributed by atoms with Crippen molar-refractivity contribution in [3.63, 3.8) is 0 Å². The Morgan fingerprint density at radius 1 is 1.38 bits per heavy atom. The molecular weight excluding hydrogens is 302 g/mol. The van der Waals surface area contributed by atoms with Crippen LogP contribution in [0.2, 0.25) is 0 Å². The normalized spacial score (nSPS) is 19.5. The van der Waals surface area contributed by atoms with E-state index in [-0.39, 0.29) is 18.0 Å². The number of aryl methyl sites for hydroxylation is 1. The third kappa shape index (κ3) is 2.96. The van der Waals surface area contributed by atoms with E-state index in [0.29, 0.717) is 12.1 Å². The molecule has 1 aromatic heterocycles. The lowest BCUT2D eigenvalue weighted by molar-refractivity contribution is 0.0845. The molecule has 2 atom stereocenters. The first-order chi connectivity index (χ1) is 11.5. The molecule has 2 aromatic rings. The summed E-state index contributed by atoms with van der Waals surface area (Å²) in [7, 11) is 0. The number of carbonyl (C=O) groups is 1. The lowest BCUT2D eigenvalue weighted by Crippen LogP contribution is -2.35. The van der Waals surface area contributed by atoms with Crippen LogP contribution in [0.3, 0.4) is 0 Å². The van der Waals surface area contributed by atoms with Gasteiger partial charge < -0.3 is 10.4 Å². The number of aromatic nitrogens is 2. The van der Waals surface area contributed by atoms with Crippen LogP contribution in [0.5, 0.6) is 0 Å². The number of carbonyl (C=O) groups excluding carboxylic acids is 1. The van der Waals surface area contributed by atoms with E-state index in [2.05, 4.69) is 24.3 Å². The lowest BCUT2D eigenvalue weighted by Gasteiger charge is -2.20. The van der Waals surface area contributed by atoms with Gasteiger partial charge in [0.25, 0.3) is 5.91 Å². The van der Waals surface area contributed by atoms with Gasteiger partial charge in [0.1, 0.15) is 5.69 Å². The van der Waals surface area contributed by atoms with Crippen molar-refractivity contribution in [2.45, 2.75) is 58.2 Å². The summed E-state index contributed by atoms with van der Waals surface area (Å²) < 4.78 is 1.83. The van der Waals surface area contributed by atoms with Crippen LogP contribution in [0, 0.1) is 6.92 Å². The minimum atomic E-state index is -0.586. The monoisotopic (exact) mass is 327 g/mol. The maximum Gasteiger partial charge on any atom is 0.270 e. The molecule has 0 spiro atoms. The first kappa shape index (κ1) is 16.7. The Balaban J connectivity index is 1.86. The van der Waals surface area contributed by atoms with Crippen molar-refractivity contribution in [1.82, 2.24) is 15.1 Å². The van der Waals surface area contributed by atoms with Crippen LogP contribution in [0.25, 0.3) is 0 Å². The van der Waals surface area contributed by atoms with Gasteiger partial charge in [-0.2, -0.15) is 5.10 Å². The molecule has 0 fully saturated rings. The fourth-order valence-corrected chi connectivity index (χ4v) is 3.56. The van der Waals surface area contributed by atoms with E-state index in [1.165, 1.54) is 0 Å². The largest absolute Gasteiger partial charge is 0.390 e. The summed E-state index contributed by atoms with van der Waals surface area (Å²) in [5, 5.41) is 17.9. The summed E-state index contributed by atoms with van der Waals surface area (Å²) in [6.45, 7) is 6.10. The fraction of sp³-hybridized carbons (Fsp3) is 0.474. The zero-order valence-corrected chi connectivity index (χ0v) is 14.5. The van der Waals surface area contributed by atoms with Crippen molar-refractivity contribution < 1.29 is 9.90 Å². The number of benzene rings is 1. The van der Waals surface area contributed by atoms with E-state index in [4.69, 9.17) is 0 Å². The molecule has 1 aromatic carbocycles.